The van der Waals surface area contributed by atoms with Gasteiger partial charge in [-0.15, -0.1) is 0 Å². The van der Waals surface area contributed by atoms with Crippen LogP contribution >= 0.6 is 0 Å². The fourth-order valence-corrected chi connectivity index (χ4v) is 2.94. The molecule has 0 aliphatic carbocycles. The summed E-state index contributed by atoms with van der Waals surface area (Å²) in [6.45, 7) is 1.30. The van der Waals surface area contributed by atoms with Crippen molar-refractivity contribution in [3.05, 3.63) is 78.1 Å². The Kier molecular flexibility index (Phi) is 3.61. The molecular formula is C19H15FN2O2. The number of rotatable bonds is 3. The first-order valence-corrected chi connectivity index (χ1v) is 7.74. The summed E-state index contributed by atoms with van der Waals surface area (Å²) in [5.74, 6) is 0.661. The Balaban J connectivity index is 1.46. The van der Waals surface area contributed by atoms with Crippen molar-refractivity contribution in [3.8, 4) is 11.3 Å². The number of carbonyl (C=O) groups is 1. The van der Waals surface area contributed by atoms with Crippen LogP contribution in [0.4, 0.5) is 4.39 Å². The van der Waals surface area contributed by atoms with E-state index in [2.05, 4.69) is 4.98 Å². The molecular weight excluding hydrogens is 307 g/mol. The van der Waals surface area contributed by atoms with Gasteiger partial charge in [-0.25, -0.2) is 9.37 Å². The quantitative estimate of drug-likeness (QED) is 0.738. The lowest BCUT2D eigenvalue weighted by molar-refractivity contribution is 0.0602. The fourth-order valence-electron chi connectivity index (χ4n) is 2.94. The lowest BCUT2D eigenvalue weighted by Gasteiger charge is -2.39. The Morgan fingerprint density at radius 2 is 1.96 bits per heavy atom. The average molecular weight is 322 g/mol. The number of carbonyl (C=O) groups excluding carboxylic acids is 1. The molecule has 2 aromatic carbocycles. The average Bonchev–Trinajstić information content (AvgIpc) is 3.10. The van der Waals surface area contributed by atoms with Crippen molar-refractivity contribution in [1.82, 2.24) is 9.88 Å². The van der Waals surface area contributed by atoms with Gasteiger partial charge in [-0.1, -0.05) is 24.3 Å². The van der Waals surface area contributed by atoms with E-state index in [1.54, 1.807) is 29.3 Å². The van der Waals surface area contributed by atoms with E-state index in [1.165, 1.54) is 18.5 Å². The summed E-state index contributed by atoms with van der Waals surface area (Å²) in [5.41, 5.74) is 2.52. The molecule has 0 N–H and O–H groups in total. The predicted molar refractivity (Wildman–Crippen MR) is 87.0 cm³/mol. The monoisotopic (exact) mass is 322 g/mol. The van der Waals surface area contributed by atoms with Crippen molar-refractivity contribution in [2.24, 2.45) is 0 Å². The van der Waals surface area contributed by atoms with Gasteiger partial charge < -0.3 is 9.32 Å². The highest BCUT2D eigenvalue weighted by atomic mass is 19.1. The van der Waals surface area contributed by atoms with Crippen LogP contribution in [0.5, 0.6) is 0 Å². The standard InChI is InChI=1S/C19H15FN2O2/c20-17-6-4-13(5-7-17)16-10-22(11-16)19(23)15-3-1-2-14(8-15)18-9-21-12-24-18/h1-9,12,16H,10-11H2. The van der Waals surface area contributed by atoms with Gasteiger partial charge in [0.05, 0.1) is 6.20 Å². The fraction of sp³-hybridized carbons (Fsp3) is 0.158. The summed E-state index contributed by atoms with van der Waals surface area (Å²) in [4.78, 5) is 18.3. The van der Waals surface area contributed by atoms with Gasteiger partial charge in [0, 0.05) is 30.1 Å². The molecule has 4 rings (SSSR count). The third-order valence-electron chi connectivity index (χ3n) is 4.34. The molecule has 4 nitrogen and oxygen atoms in total. The van der Waals surface area contributed by atoms with E-state index in [-0.39, 0.29) is 17.6 Å². The Hall–Kier alpha value is -2.95. The maximum Gasteiger partial charge on any atom is 0.253 e. The van der Waals surface area contributed by atoms with Crippen LogP contribution in [0.2, 0.25) is 0 Å². The molecule has 0 saturated carbocycles. The molecule has 1 aliphatic rings. The molecule has 120 valence electrons. The van der Waals surface area contributed by atoms with Crippen molar-refractivity contribution in [2.45, 2.75) is 5.92 Å². The van der Waals surface area contributed by atoms with Gasteiger partial charge in [-0.3, -0.25) is 4.79 Å². The van der Waals surface area contributed by atoms with Gasteiger partial charge >= 0.3 is 0 Å². The minimum atomic E-state index is -0.241. The van der Waals surface area contributed by atoms with E-state index in [4.69, 9.17) is 4.42 Å². The second kappa shape index (κ2) is 5.92. The first-order chi connectivity index (χ1) is 11.7. The number of hydrogen-bond donors (Lipinski definition) is 0. The molecule has 1 amide bonds. The van der Waals surface area contributed by atoms with Gasteiger partial charge in [0.1, 0.15) is 5.82 Å². The number of likely N-dealkylation sites (tertiary alicyclic amines) is 1. The largest absolute Gasteiger partial charge is 0.444 e. The highest BCUT2D eigenvalue weighted by Gasteiger charge is 2.32. The normalized spacial score (nSPS) is 14.5. The van der Waals surface area contributed by atoms with Crippen LogP contribution < -0.4 is 0 Å². The van der Waals surface area contributed by atoms with Gasteiger partial charge in [0.25, 0.3) is 5.91 Å². The first kappa shape index (κ1) is 14.6. The van der Waals surface area contributed by atoms with Crippen LogP contribution in [0.3, 0.4) is 0 Å². The van der Waals surface area contributed by atoms with Gasteiger partial charge in [-0.2, -0.15) is 0 Å². The van der Waals surface area contributed by atoms with E-state index in [0.717, 1.165) is 11.1 Å². The van der Waals surface area contributed by atoms with Crippen molar-refractivity contribution in [1.29, 1.82) is 0 Å². The SMILES string of the molecule is O=C(c1cccc(-c2cnco2)c1)N1CC(c2ccc(F)cc2)C1. The van der Waals surface area contributed by atoms with E-state index >= 15 is 0 Å². The van der Waals surface area contributed by atoms with Crippen LogP contribution in [0, 0.1) is 5.82 Å². The number of aromatic nitrogens is 1. The zero-order valence-electron chi connectivity index (χ0n) is 12.9. The molecule has 2 heterocycles. The molecule has 0 spiro atoms. The lowest BCUT2D eigenvalue weighted by Crippen LogP contribution is -2.48. The van der Waals surface area contributed by atoms with E-state index in [1.807, 2.05) is 18.2 Å². The molecule has 24 heavy (non-hydrogen) atoms. The van der Waals surface area contributed by atoms with Crippen molar-refractivity contribution in [2.75, 3.05) is 13.1 Å². The molecule has 1 saturated heterocycles. The number of benzene rings is 2. The number of amides is 1. The Morgan fingerprint density at radius 3 is 2.67 bits per heavy atom. The highest BCUT2D eigenvalue weighted by Crippen LogP contribution is 2.29. The summed E-state index contributed by atoms with van der Waals surface area (Å²) < 4.78 is 18.2. The smallest absolute Gasteiger partial charge is 0.253 e. The maximum absolute atomic E-state index is 13.0. The minimum Gasteiger partial charge on any atom is -0.444 e. The van der Waals surface area contributed by atoms with E-state index in [0.29, 0.717) is 24.4 Å². The third kappa shape index (κ3) is 2.69. The molecule has 1 fully saturated rings. The van der Waals surface area contributed by atoms with Crippen LogP contribution in [0.25, 0.3) is 11.3 Å². The van der Waals surface area contributed by atoms with Gasteiger partial charge in [-0.05, 0) is 29.8 Å². The summed E-state index contributed by atoms with van der Waals surface area (Å²) in [6.07, 6.45) is 2.99. The molecule has 3 aromatic rings. The van der Waals surface area contributed by atoms with Crippen LogP contribution in [-0.4, -0.2) is 28.9 Å². The summed E-state index contributed by atoms with van der Waals surface area (Å²) >= 11 is 0. The molecule has 1 aromatic heterocycles. The van der Waals surface area contributed by atoms with Crippen molar-refractivity contribution < 1.29 is 13.6 Å². The molecule has 0 bridgehead atoms. The zero-order valence-corrected chi connectivity index (χ0v) is 12.9. The molecule has 0 unspecified atom stereocenters. The Morgan fingerprint density at radius 1 is 1.17 bits per heavy atom. The van der Waals surface area contributed by atoms with E-state index < -0.39 is 0 Å². The first-order valence-electron chi connectivity index (χ1n) is 7.74. The second-order valence-electron chi connectivity index (χ2n) is 5.91. The zero-order chi connectivity index (χ0) is 16.5. The van der Waals surface area contributed by atoms with E-state index in [9.17, 15) is 9.18 Å². The maximum atomic E-state index is 13.0. The lowest BCUT2D eigenvalue weighted by atomic mass is 9.90. The van der Waals surface area contributed by atoms with Crippen LogP contribution in [0.1, 0.15) is 21.8 Å². The van der Waals surface area contributed by atoms with Crippen molar-refractivity contribution in [3.63, 3.8) is 0 Å². The van der Waals surface area contributed by atoms with Gasteiger partial charge in [0.2, 0.25) is 0 Å². The number of nitrogens with zero attached hydrogens (tertiary/aromatic N) is 2. The third-order valence-corrected chi connectivity index (χ3v) is 4.34. The Bertz CT molecular complexity index is 853. The number of halogens is 1. The highest BCUT2D eigenvalue weighted by molar-refractivity contribution is 5.96. The summed E-state index contributed by atoms with van der Waals surface area (Å²) in [7, 11) is 0. The number of oxazole rings is 1. The number of hydrogen-bond acceptors (Lipinski definition) is 3. The minimum absolute atomic E-state index is 0.00488. The molecule has 0 radical (unpaired) electrons. The van der Waals surface area contributed by atoms with Crippen molar-refractivity contribution >= 4 is 5.91 Å². The summed E-state index contributed by atoms with van der Waals surface area (Å²) in [5, 5.41) is 0. The molecule has 1 aliphatic heterocycles. The van der Waals surface area contributed by atoms with Crippen LogP contribution in [0.15, 0.2) is 65.5 Å². The van der Waals surface area contributed by atoms with Crippen LogP contribution in [-0.2, 0) is 0 Å². The predicted octanol–water partition coefficient (Wildman–Crippen LogP) is 3.72. The summed E-state index contributed by atoms with van der Waals surface area (Å²) in [6, 6.07) is 13.8. The molecule has 0 atom stereocenters. The second-order valence-corrected chi connectivity index (χ2v) is 5.91. The molecule has 5 heteroatoms. The topological polar surface area (TPSA) is 46.3 Å². The van der Waals surface area contributed by atoms with Gasteiger partial charge in [0.15, 0.2) is 12.2 Å². The Labute approximate surface area is 138 Å².